The van der Waals surface area contributed by atoms with Crippen molar-refractivity contribution in [2.45, 2.75) is 0 Å². The average molecular weight is 111 g/mol. The summed E-state index contributed by atoms with van der Waals surface area (Å²) in [7, 11) is 0. The van der Waals surface area contributed by atoms with Gasteiger partial charge in [-0.2, -0.15) is 10.1 Å². The first-order valence-corrected chi connectivity index (χ1v) is 0.975. The van der Waals surface area contributed by atoms with Crippen molar-refractivity contribution in [2.24, 2.45) is 0 Å². The summed E-state index contributed by atoms with van der Waals surface area (Å²) in [5.41, 5.74) is 0. The van der Waals surface area contributed by atoms with Crippen molar-refractivity contribution in [1.82, 2.24) is 0 Å². The molecule has 33 valence electrons. The molecule has 0 aromatic carbocycles. The fourth-order valence-electron chi connectivity index (χ4n) is 0.0333. The Morgan fingerprint density at radius 1 is 1.86 bits per heavy atom. The van der Waals surface area contributed by atoms with Crippen molar-refractivity contribution in [2.75, 3.05) is 0 Å². The van der Waals surface area contributed by atoms with Gasteiger partial charge in [0.25, 0.3) is 6.26 Å². The second-order valence-corrected chi connectivity index (χ2v) is 0.406. The molecule has 7 heavy (non-hydrogen) atoms. The SMILES string of the molecule is N#CO[N+](=O)[O-].[Na]. The van der Waals surface area contributed by atoms with Gasteiger partial charge in [0.05, 0.1) is 0 Å². The van der Waals surface area contributed by atoms with Gasteiger partial charge in [-0.15, -0.1) is 10.1 Å². The Morgan fingerprint density at radius 2 is 2.29 bits per heavy atom. The molecule has 0 rings (SSSR count). The van der Waals surface area contributed by atoms with E-state index in [9.17, 15) is 0 Å². The first kappa shape index (κ1) is 9.85. The van der Waals surface area contributed by atoms with Gasteiger partial charge in [-0.1, -0.05) is 0 Å². The topological polar surface area (TPSA) is 76.2 Å². The number of hydrogen-bond donors (Lipinski definition) is 0. The molecule has 0 aliphatic rings. The summed E-state index contributed by atoms with van der Waals surface area (Å²) in [5.74, 6) is 0. The molecular weight excluding hydrogens is 111 g/mol. The van der Waals surface area contributed by atoms with Gasteiger partial charge < -0.3 is 0 Å². The molecule has 0 unspecified atom stereocenters. The van der Waals surface area contributed by atoms with Crippen LogP contribution in [0.4, 0.5) is 0 Å². The minimum atomic E-state index is -1.18. The molecule has 5 nitrogen and oxygen atoms in total. The molecule has 0 spiro atoms. The number of nitrogens with zero attached hydrogens (tertiary/aromatic N) is 2. The molecule has 0 N–H and O–H groups in total. The smallest absolute Gasteiger partial charge is 0.195 e. The van der Waals surface area contributed by atoms with Crippen LogP contribution in [-0.2, 0) is 4.84 Å². The van der Waals surface area contributed by atoms with E-state index in [0.717, 1.165) is 6.26 Å². The summed E-state index contributed by atoms with van der Waals surface area (Å²) < 4.78 is 0. The summed E-state index contributed by atoms with van der Waals surface area (Å²) in [4.78, 5) is 12.0. The van der Waals surface area contributed by atoms with Crippen LogP contribution in [0.25, 0.3) is 0 Å². The van der Waals surface area contributed by atoms with Gasteiger partial charge in [-0.25, -0.2) is 0 Å². The summed E-state index contributed by atoms with van der Waals surface area (Å²) in [6.45, 7) is 0. The Balaban J connectivity index is 0. The summed E-state index contributed by atoms with van der Waals surface area (Å²) in [6.07, 6.45) is 0.868. The van der Waals surface area contributed by atoms with E-state index in [4.69, 9.17) is 15.4 Å². The molecule has 0 heterocycles. The minimum Gasteiger partial charge on any atom is -0.195 e. The van der Waals surface area contributed by atoms with Crippen molar-refractivity contribution < 1.29 is 9.92 Å². The third-order valence-corrected chi connectivity index (χ3v) is 0.115. The minimum absolute atomic E-state index is 0. The third kappa shape index (κ3) is 10.7. The van der Waals surface area contributed by atoms with Gasteiger partial charge in [0.15, 0.2) is 0 Å². The van der Waals surface area contributed by atoms with Gasteiger partial charge in [0, 0.05) is 29.6 Å². The maximum Gasteiger partial charge on any atom is 0.310 e. The number of hydrogen-bond acceptors (Lipinski definition) is 4. The van der Waals surface area contributed by atoms with Gasteiger partial charge >= 0.3 is 5.09 Å². The Labute approximate surface area is 61.3 Å². The van der Waals surface area contributed by atoms with Crippen molar-refractivity contribution in [3.63, 3.8) is 0 Å². The van der Waals surface area contributed by atoms with E-state index in [1.54, 1.807) is 0 Å². The van der Waals surface area contributed by atoms with Crippen LogP contribution < -0.4 is 0 Å². The Kier molecular flexibility index (Phi) is 8.00. The Bertz CT molecular complexity index is 95.6. The van der Waals surface area contributed by atoms with Crippen LogP contribution in [-0.4, -0.2) is 34.6 Å². The van der Waals surface area contributed by atoms with E-state index < -0.39 is 5.09 Å². The van der Waals surface area contributed by atoms with E-state index in [0.29, 0.717) is 0 Å². The molecule has 0 bridgehead atoms. The molecule has 0 aromatic heterocycles. The zero-order chi connectivity index (χ0) is 4.99. The van der Waals surface area contributed by atoms with E-state index in [2.05, 4.69) is 4.84 Å². The van der Waals surface area contributed by atoms with E-state index >= 15 is 0 Å². The molecule has 0 saturated heterocycles. The van der Waals surface area contributed by atoms with Crippen molar-refractivity contribution >= 4 is 29.6 Å². The number of rotatable bonds is 1. The summed E-state index contributed by atoms with van der Waals surface area (Å²) in [5, 5.41) is 15.1. The first-order valence-electron chi connectivity index (χ1n) is 0.975. The molecule has 1 radical (unpaired) electrons. The van der Waals surface area contributed by atoms with Gasteiger partial charge in [-0.05, 0) is 0 Å². The monoisotopic (exact) mass is 111 g/mol. The number of nitriles is 1. The quantitative estimate of drug-likeness (QED) is 0.194. The van der Waals surface area contributed by atoms with Crippen LogP contribution in [0, 0.1) is 21.6 Å². The van der Waals surface area contributed by atoms with Gasteiger partial charge in [0.1, 0.15) is 0 Å². The van der Waals surface area contributed by atoms with Crippen molar-refractivity contribution in [3.05, 3.63) is 10.1 Å². The zero-order valence-corrected chi connectivity index (χ0v) is 5.62. The van der Waals surface area contributed by atoms with Crippen LogP contribution in [0.15, 0.2) is 0 Å². The summed E-state index contributed by atoms with van der Waals surface area (Å²) >= 11 is 0. The molecule has 0 atom stereocenters. The fourth-order valence-corrected chi connectivity index (χ4v) is 0.0333. The zero-order valence-electron chi connectivity index (χ0n) is 3.62. The summed E-state index contributed by atoms with van der Waals surface area (Å²) in [6, 6.07) is 0. The van der Waals surface area contributed by atoms with Crippen molar-refractivity contribution in [3.8, 4) is 6.26 Å². The first-order chi connectivity index (χ1) is 2.77. The van der Waals surface area contributed by atoms with Crippen LogP contribution in [0.3, 0.4) is 0 Å². The predicted molar refractivity (Wildman–Crippen MR) is 19.4 cm³/mol. The molecule has 6 heteroatoms. The molecule has 0 aliphatic heterocycles. The van der Waals surface area contributed by atoms with E-state index in [1.807, 2.05) is 0 Å². The molecule has 0 saturated carbocycles. The van der Waals surface area contributed by atoms with E-state index in [-0.39, 0.29) is 29.6 Å². The third-order valence-electron chi connectivity index (χ3n) is 0.115. The fraction of sp³-hybridized carbons (Fsp3) is 0. The average Bonchev–Trinajstić information content (AvgIpc) is 1.35. The second-order valence-electron chi connectivity index (χ2n) is 0.406. The van der Waals surface area contributed by atoms with E-state index in [1.165, 1.54) is 0 Å². The Morgan fingerprint density at radius 3 is 2.29 bits per heavy atom. The van der Waals surface area contributed by atoms with Crippen LogP contribution in [0.5, 0.6) is 0 Å². The largest absolute Gasteiger partial charge is 0.310 e. The van der Waals surface area contributed by atoms with Crippen molar-refractivity contribution in [1.29, 1.82) is 5.26 Å². The predicted octanol–water partition coefficient (Wildman–Crippen LogP) is -0.705. The molecule has 0 amide bonds. The van der Waals surface area contributed by atoms with Crippen LogP contribution in [0.2, 0.25) is 0 Å². The van der Waals surface area contributed by atoms with Crippen LogP contribution >= 0.6 is 0 Å². The maximum atomic E-state index is 8.96. The maximum absolute atomic E-state index is 8.96. The molecule has 0 aliphatic carbocycles. The van der Waals surface area contributed by atoms with Crippen LogP contribution in [0.1, 0.15) is 0 Å². The molecule has 0 fully saturated rings. The van der Waals surface area contributed by atoms with Gasteiger partial charge in [-0.3, -0.25) is 0 Å². The normalized spacial score (nSPS) is 5.00. The standard InChI is InChI=1S/CN2O3.Na/c2-1-6-3(4)5;. The Hall–Kier alpha value is -0.310. The second kappa shape index (κ2) is 5.69. The molecular formula is CN2NaO3. The molecule has 0 aromatic rings. The van der Waals surface area contributed by atoms with Gasteiger partial charge in [0.2, 0.25) is 0 Å².